The van der Waals surface area contributed by atoms with Crippen LogP contribution in [0, 0.1) is 0 Å². The Bertz CT molecular complexity index is 402. The molecule has 7 nitrogen and oxygen atoms in total. The van der Waals surface area contributed by atoms with Crippen LogP contribution in [0.15, 0.2) is 24.3 Å². The molecule has 112 valence electrons. The number of carboxylic acid groups (broad SMARTS) is 1. The quantitative estimate of drug-likeness (QED) is 0.466. The van der Waals surface area contributed by atoms with Gasteiger partial charge in [0.25, 0.3) is 0 Å². The summed E-state index contributed by atoms with van der Waals surface area (Å²) in [7, 11) is 0. The predicted octanol–water partition coefficient (Wildman–Crippen LogP) is -0.0962. The second-order valence-corrected chi connectivity index (χ2v) is 3.76. The van der Waals surface area contributed by atoms with Gasteiger partial charge in [-0.15, -0.1) is 0 Å². The fraction of sp³-hybridized carbons (Fsp3) is 0.385. The zero-order valence-electron chi connectivity index (χ0n) is 11.3. The highest BCUT2D eigenvalue weighted by atomic mass is 16.4. The number of rotatable bonds is 6. The van der Waals surface area contributed by atoms with E-state index in [2.05, 4.69) is 10.6 Å². The van der Waals surface area contributed by atoms with Crippen LogP contribution in [-0.4, -0.2) is 53.5 Å². The predicted molar refractivity (Wildman–Crippen MR) is 74.7 cm³/mol. The first-order valence-corrected chi connectivity index (χ1v) is 6.04. The van der Waals surface area contributed by atoms with Gasteiger partial charge in [-0.2, -0.15) is 0 Å². The monoisotopic (exact) mass is 284 g/mol. The summed E-state index contributed by atoms with van der Waals surface area (Å²) in [5.41, 5.74) is 0.798. The van der Waals surface area contributed by atoms with Crippen LogP contribution in [0.2, 0.25) is 0 Å². The van der Waals surface area contributed by atoms with Gasteiger partial charge in [-0.25, -0.2) is 4.79 Å². The molecule has 0 saturated carbocycles. The van der Waals surface area contributed by atoms with Crippen molar-refractivity contribution in [1.29, 1.82) is 0 Å². The van der Waals surface area contributed by atoms with Crippen molar-refractivity contribution in [3.8, 4) is 0 Å². The number of hydrogen-bond donors (Lipinski definition) is 5. The van der Waals surface area contributed by atoms with Crippen molar-refractivity contribution < 1.29 is 24.9 Å². The maximum absolute atomic E-state index is 10.6. The minimum absolute atomic E-state index is 0.139. The molecule has 1 aromatic carbocycles. The molecule has 0 aromatic heterocycles. The van der Waals surface area contributed by atoms with Crippen LogP contribution in [0.5, 0.6) is 0 Å². The van der Waals surface area contributed by atoms with E-state index in [0.717, 1.165) is 0 Å². The highest BCUT2D eigenvalue weighted by Crippen LogP contribution is 2.08. The Kier molecular flexibility index (Phi) is 9.85. The van der Waals surface area contributed by atoms with Gasteiger partial charge in [0.1, 0.15) is 0 Å². The number of hydrogen-bond acceptors (Lipinski definition) is 5. The van der Waals surface area contributed by atoms with Crippen molar-refractivity contribution in [3.63, 3.8) is 0 Å². The van der Waals surface area contributed by atoms with Crippen LogP contribution in [0.3, 0.4) is 0 Å². The maximum Gasteiger partial charge on any atom is 0.335 e. The fourth-order valence-corrected chi connectivity index (χ4v) is 1.18. The standard InChI is InChI=1S/C9H9NO3.C4H11NO2/c1-6(11)10-8-4-2-7(3-5-8)9(12)13;6-3-1-5-2-4-7/h2-5H,1H3,(H,10,11)(H,12,13);5-7H,1-4H2. The third-order valence-electron chi connectivity index (χ3n) is 2.03. The molecule has 0 saturated heterocycles. The molecular weight excluding hydrogens is 264 g/mol. The minimum atomic E-state index is -0.977. The van der Waals surface area contributed by atoms with Crippen LogP contribution in [-0.2, 0) is 4.79 Å². The van der Waals surface area contributed by atoms with E-state index in [1.54, 1.807) is 12.1 Å². The molecule has 1 aromatic rings. The van der Waals surface area contributed by atoms with E-state index in [-0.39, 0.29) is 24.7 Å². The average Bonchev–Trinajstić information content (AvgIpc) is 2.40. The maximum atomic E-state index is 10.6. The van der Waals surface area contributed by atoms with E-state index >= 15 is 0 Å². The van der Waals surface area contributed by atoms with Gasteiger partial charge in [-0.1, -0.05) is 0 Å². The van der Waals surface area contributed by atoms with Crippen molar-refractivity contribution in [2.75, 3.05) is 31.6 Å². The molecule has 7 heteroatoms. The van der Waals surface area contributed by atoms with Crippen LogP contribution in [0.4, 0.5) is 5.69 Å². The lowest BCUT2D eigenvalue weighted by atomic mass is 10.2. The summed E-state index contributed by atoms with van der Waals surface area (Å²) in [6.07, 6.45) is 0. The summed E-state index contributed by atoms with van der Waals surface area (Å²) in [4.78, 5) is 21.1. The zero-order valence-corrected chi connectivity index (χ0v) is 11.3. The van der Waals surface area contributed by atoms with E-state index in [0.29, 0.717) is 18.8 Å². The number of amides is 1. The van der Waals surface area contributed by atoms with Crippen molar-refractivity contribution in [3.05, 3.63) is 29.8 Å². The summed E-state index contributed by atoms with van der Waals surface area (Å²) >= 11 is 0. The molecule has 0 unspecified atom stereocenters. The van der Waals surface area contributed by atoms with E-state index in [1.165, 1.54) is 19.1 Å². The highest BCUT2D eigenvalue weighted by molar-refractivity contribution is 5.91. The Morgan fingerprint density at radius 2 is 1.55 bits per heavy atom. The van der Waals surface area contributed by atoms with Gasteiger partial charge in [-0.05, 0) is 24.3 Å². The van der Waals surface area contributed by atoms with E-state index in [9.17, 15) is 9.59 Å². The lowest BCUT2D eigenvalue weighted by Gasteiger charge is -2.01. The topological polar surface area (TPSA) is 119 Å². The second kappa shape index (κ2) is 10.9. The number of aliphatic hydroxyl groups is 2. The normalized spacial score (nSPS) is 9.35. The fourth-order valence-electron chi connectivity index (χ4n) is 1.18. The molecular formula is C13H20N2O5. The summed E-state index contributed by atoms with van der Waals surface area (Å²) in [6, 6.07) is 5.97. The van der Waals surface area contributed by atoms with Crippen LogP contribution < -0.4 is 10.6 Å². The average molecular weight is 284 g/mol. The zero-order chi connectivity index (χ0) is 15.4. The summed E-state index contributed by atoms with van der Waals surface area (Å²) in [6.45, 7) is 2.81. The van der Waals surface area contributed by atoms with Crippen LogP contribution >= 0.6 is 0 Å². The molecule has 0 bridgehead atoms. The molecule has 0 aliphatic rings. The largest absolute Gasteiger partial charge is 0.478 e. The van der Waals surface area contributed by atoms with E-state index < -0.39 is 5.97 Å². The molecule has 0 spiro atoms. The number of aromatic carboxylic acids is 1. The molecule has 1 amide bonds. The SMILES string of the molecule is CC(=O)Nc1ccc(C(=O)O)cc1.OCCNCCO. The van der Waals surface area contributed by atoms with Crippen LogP contribution in [0.1, 0.15) is 17.3 Å². The Labute approximate surface area is 117 Å². The van der Waals surface area contributed by atoms with Gasteiger partial charge in [0.15, 0.2) is 0 Å². The van der Waals surface area contributed by atoms with Gasteiger partial charge in [0.2, 0.25) is 5.91 Å². The molecule has 0 aliphatic carbocycles. The lowest BCUT2D eigenvalue weighted by molar-refractivity contribution is -0.114. The molecule has 0 radical (unpaired) electrons. The minimum Gasteiger partial charge on any atom is -0.478 e. The number of benzene rings is 1. The van der Waals surface area contributed by atoms with Crippen molar-refractivity contribution in [2.45, 2.75) is 6.92 Å². The summed E-state index contributed by atoms with van der Waals surface area (Å²) in [5, 5.41) is 30.2. The van der Waals surface area contributed by atoms with E-state index in [4.69, 9.17) is 15.3 Å². The summed E-state index contributed by atoms with van der Waals surface area (Å²) < 4.78 is 0. The van der Waals surface area contributed by atoms with Crippen molar-refractivity contribution >= 4 is 17.6 Å². The van der Waals surface area contributed by atoms with Gasteiger partial charge in [0.05, 0.1) is 18.8 Å². The second-order valence-electron chi connectivity index (χ2n) is 3.76. The third kappa shape index (κ3) is 9.03. The number of anilines is 1. The number of nitrogens with one attached hydrogen (secondary N) is 2. The van der Waals surface area contributed by atoms with Crippen molar-refractivity contribution in [2.24, 2.45) is 0 Å². The first-order chi connectivity index (χ1) is 9.51. The van der Waals surface area contributed by atoms with Gasteiger partial charge in [0, 0.05) is 25.7 Å². The molecule has 0 fully saturated rings. The van der Waals surface area contributed by atoms with Gasteiger partial charge in [-0.3, -0.25) is 4.79 Å². The number of carbonyl (C=O) groups is 2. The molecule has 20 heavy (non-hydrogen) atoms. The van der Waals surface area contributed by atoms with E-state index in [1.807, 2.05) is 0 Å². The molecule has 0 atom stereocenters. The first-order valence-electron chi connectivity index (χ1n) is 6.04. The molecule has 0 heterocycles. The molecule has 1 rings (SSSR count). The van der Waals surface area contributed by atoms with Crippen molar-refractivity contribution in [1.82, 2.24) is 5.32 Å². The third-order valence-corrected chi connectivity index (χ3v) is 2.03. The Morgan fingerprint density at radius 3 is 1.90 bits per heavy atom. The highest BCUT2D eigenvalue weighted by Gasteiger charge is 2.01. The lowest BCUT2D eigenvalue weighted by Crippen LogP contribution is -2.21. The van der Waals surface area contributed by atoms with Crippen LogP contribution in [0.25, 0.3) is 0 Å². The summed E-state index contributed by atoms with van der Waals surface area (Å²) in [5.74, 6) is -1.16. The molecule has 0 aliphatic heterocycles. The number of carbonyl (C=O) groups excluding carboxylic acids is 1. The number of carboxylic acids is 1. The first kappa shape index (κ1) is 18.0. The Balaban J connectivity index is 0.000000441. The number of aliphatic hydroxyl groups excluding tert-OH is 2. The smallest absolute Gasteiger partial charge is 0.335 e. The van der Waals surface area contributed by atoms with Gasteiger partial charge >= 0.3 is 5.97 Å². The Morgan fingerprint density at radius 1 is 1.05 bits per heavy atom. The molecule has 5 N–H and O–H groups in total. The Hall–Kier alpha value is -1.96. The van der Waals surface area contributed by atoms with Gasteiger partial charge < -0.3 is 26.0 Å².